The van der Waals surface area contributed by atoms with E-state index in [4.69, 9.17) is 10.9 Å². The molecule has 0 fully saturated rings. The van der Waals surface area contributed by atoms with Gasteiger partial charge in [-0.25, -0.2) is 11.0 Å². The highest BCUT2D eigenvalue weighted by atomic mass is 16.3. The van der Waals surface area contributed by atoms with Crippen LogP contribution in [0.4, 0.5) is 0 Å². The summed E-state index contributed by atoms with van der Waals surface area (Å²) < 4.78 is 0. The summed E-state index contributed by atoms with van der Waals surface area (Å²) in [6.07, 6.45) is 0.596. The lowest BCUT2D eigenvalue weighted by Gasteiger charge is -2.17. The number of carbonyl (C=O) groups is 1. The van der Waals surface area contributed by atoms with Crippen LogP contribution in [0.2, 0.25) is 0 Å². The topological polar surface area (TPSA) is 82.2 Å². The van der Waals surface area contributed by atoms with Crippen molar-refractivity contribution in [3.05, 3.63) is 0 Å². The molecule has 0 saturated heterocycles. The molecule has 0 atom stereocenters. The quantitative estimate of drug-likeness (QED) is 0.180. The maximum absolute atomic E-state index is 10.4. The van der Waals surface area contributed by atoms with E-state index < -0.39 is 0 Å². The third-order valence-corrected chi connectivity index (χ3v) is 1.21. The Balaban J connectivity index is 4.40. The van der Waals surface area contributed by atoms with E-state index in [2.05, 4.69) is 5.10 Å². The first-order chi connectivity index (χ1) is 5.65. The Bertz CT molecular complexity index is 169. The lowest BCUT2D eigenvalue weighted by molar-refractivity contribution is -0.114. The number of amides is 1. The van der Waals surface area contributed by atoms with Crippen molar-refractivity contribution in [1.29, 1.82) is 0 Å². The summed E-state index contributed by atoms with van der Waals surface area (Å²) >= 11 is 0. The molecule has 6 nitrogen and oxygen atoms in total. The second kappa shape index (κ2) is 5.50. The first-order valence-corrected chi connectivity index (χ1v) is 3.54. The Morgan fingerprint density at radius 1 is 1.75 bits per heavy atom. The van der Waals surface area contributed by atoms with Gasteiger partial charge in [-0.2, -0.15) is 0 Å². The van der Waals surface area contributed by atoms with Gasteiger partial charge in [0.2, 0.25) is 6.41 Å². The van der Waals surface area contributed by atoms with E-state index >= 15 is 0 Å². The van der Waals surface area contributed by atoms with Crippen molar-refractivity contribution in [1.82, 2.24) is 10.0 Å². The first-order valence-electron chi connectivity index (χ1n) is 3.54. The van der Waals surface area contributed by atoms with Crippen LogP contribution in [0.1, 0.15) is 6.92 Å². The van der Waals surface area contributed by atoms with Gasteiger partial charge in [0.15, 0.2) is 5.84 Å². The molecule has 0 aromatic heterocycles. The molecule has 0 bridgehead atoms. The Morgan fingerprint density at radius 2 is 2.33 bits per heavy atom. The van der Waals surface area contributed by atoms with Gasteiger partial charge in [-0.15, -0.1) is 5.10 Å². The number of likely N-dealkylation sites (N-methyl/N-ethyl adjacent to an activating group) is 1. The molecule has 0 aliphatic rings. The molecule has 0 unspecified atom stereocenters. The summed E-state index contributed by atoms with van der Waals surface area (Å²) in [6, 6.07) is 0. The minimum absolute atomic E-state index is 0.234. The Hall–Kier alpha value is -1.14. The van der Waals surface area contributed by atoms with Crippen molar-refractivity contribution in [2.24, 2.45) is 10.9 Å². The Labute approximate surface area is 71.2 Å². The van der Waals surface area contributed by atoms with E-state index in [-0.39, 0.29) is 12.4 Å². The fourth-order valence-electron chi connectivity index (χ4n) is 0.680. The van der Waals surface area contributed by atoms with Gasteiger partial charge in [0.05, 0.1) is 0 Å². The average molecular weight is 174 g/mol. The number of aliphatic hydroxyl groups is 1. The number of nitrogens with two attached hydrogens (primary N) is 1. The summed E-state index contributed by atoms with van der Waals surface area (Å²) in [4.78, 5) is 11.7. The number of nitrogens with zero attached hydrogens (tertiary/aromatic N) is 3. The molecule has 0 aromatic rings. The maximum Gasteiger partial charge on any atom is 0.215 e. The molecule has 0 saturated carbocycles. The maximum atomic E-state index is 10.4. The molecule has 70 valence electrons. The SMILES string of the molecule is CCN(C=O)/C(CO)=N\N(C)N. The zero-order valence-electron chi connectivity index (χ0n) is 7.27. The lowest BCUT2D eigenvalue weighted by atomic mass is 10.5. The summed E-state index contributed by atoms with van der Waals surface area (Å²) in [5.74, 6) is 5.44. The third-order valence-electron chi connectivity index (χ3n) is 1.21. The third kappa shape index (κ3) is 3.31. The summed E-state index contributed by atoms with van der Waals surface area (Å²) in [5.41, 5.74) is 0. The van der Waals surface area contributed by atoms with Gasteiger partial charge in [0, 0.05) is 13.6 Å². The van der Waals surface area contributed by atoms with E-state index in [0.717, 1.165) is 5.12 Å². The molecule has 0 aliphatic carbocycles. The van der Waals surface area contributed by atoms with Crippen molar-refractivity contribution < 1.29 is 9.90 Å². The van der Waals surface area contributed by atoms with Crippen molar-refractivity contribution in [3.8, 4) is 0 Å². The van der Waals surface area contributed by atoms with Crippen molar-refractivity contribution in [2.45, 2.75) is 6.92 Å². The van der Waals surface area contributed by atoms with Crippen LogP contribution >= 0.6 is 0 Å². The predicted molar refractivity (Wildman–Crippen MR) is 44.9 cm³/mol. The fourth-order valence-corrected chi connectivity index (χ4v) is 0.680. The Morgan fingerprint density at radius 3 is 2.58 bits per heavy atom. The molecule has 1 amide bonds. The van der Waals surface area contributed by atoms with Crippen LogP contribution in [-0.2, 0) is 4.79 Å². The van der Waals surface area contributed by atoms with Gasteiger partial charge in [-0.05, 0) is 6.92 Å². The van der Waals surface area contributed by atoms with Gasteiger partial charge >= 0.3 is 0 Å². The van der Waals surface area contributed by atoms with Crippen molar-refractivity contribution >= 4 is 12.2 Å². The minimum atomic E-state index is -0.311. The molecule has 0 spiro atoms. The second-order valence-corrected chi connectivity index (χ2v) is 2.14. The van der Waals surface area contributed by atoms with E-state index in [9.17, 15) is 4.79 Å². The van der Waals surface area contributed by atoms with Crippen LogP contribution < -0.4 is 5.84 Å². The van der Waals surface area contributed by atoms with E-state index in [1.54, 1.807) is 6.92 Å². The zero-order valence-corrected chi connectivity index (χ0v) is 7.27. The van der Waals surface area contributed by atoms with Gasteiger partial charge in [-0.1, -0.05) is 0 Å². The fraction of sp³-hybridized carbons (Fsp3) is 0.667. The number of hydrazone groups is 1. The molecular weight excluding hydrogens is 160 g/mol. The number of amidine groups is 1. The minimum Gasteiger partial charge on any atom is -0.388 e. The molecule has 0 rings (SSSR count). The average Bonchev–Trinajstić information content (AvgIpc) is 2.04. The smallest absolute Gasteiger partial charge is 0.215 e. The molecule has 0 heterocycles. The van der Waals surface area contributed by atoms with Gasteiger partial charge < -0.3 is 5.11 Å². The van der Waals surface area contributed by atoms with Gasteiger partial charge in [0.25, 0.3) is 0 Å². The molecule has 6 heteroatoms. The monoisotopic (exact) mass is 174 g/mol. The Kier molecular flexibility index (Phi) is 4.98. The number of hydrogen-bond donors (Lipinski definition) is 2. The van der Waals surface area contributed by atoms with E-state index in [1.807, 2.05) is 0 Å². The number of aliphatic hydroxyl groups excluding tert-OH is 1. The molecular formula is C6H14N4O2. The normalized spacial score (nSPS) is 11.2. The van der Waals surface area contributed by atoms with E-state index in [1.165, 1.54) is 11.9 Å². The summed E-state index contributed by atoms with van der Waals surface area (Å²) in [5, 5.41) is 13.5. The van der Waals surface area contributed by atoms with E-state index in [0.29, 0.717) is 13.0 Å². The largest absolute Gasteiger partial charge is 0.388 e. The summed E-state index contributed by atoms with van der Waals surface area (Å²) in [6.45, 7) is 1.92. The van der Waals surface area contributed by atoms with Crippen LogP contribution in [0.25, 0.3) is 0 Å². The van der Waals surface area contributed by atoms with Crippen LogP contribution in [-0.4, -0.2) is 47.6 Å². The molecule has 0 aliphatic heterocycles. The van der Waals surface area contributed by atoms with Crippen LogP contribution in [0.3, 0.4) is 0 Å². The molecule has 3 N–H and O–H groups in total. The highest BCUT2D eigenvalue weighted by molar-refractivity contribution is 5.91. The highest BCUT2D eigenvalue weighted by Crippen LogP contribution is 1.88. The predicted octanol–water partition coefficient (Wildman–Crippen LogP) is -1.42. The van der Waals surface area contributed by atoms with Gasteiger partial charge in [-0.3, -0.25) is 9.69 Å². The first kappa shape index (κ1) is 10.9. The number of hydrazine groups is 1. The van der Waals surface area contributed by atoms with Crippen LogP contribution in [0, 0.1) is 0 Å². The molecule has 0 aromatic carbocycles. The van der Waals surface area contributed by atoms with Crippen molar-refractivity contribution in [2.75, 3.05) is 20.2 Å². The second-order valence-electron chi connectivity index (χ2n) is 2.14. The van der Waals surface area contributed by atoms with Crippen LogP contribution in [0.15, 0.2) is 5.10 Å². The number of hydrogen-bond acceptors (Lipinski definition) is 5. The number of carbonyl (C=O) groups excluding carboxylic acids is 1. The molecule has 0 radical (unpaired) electrons. The standard InChI is InChI=1S/C6H14N4O2/c1-3-10(5-12)6(4-11)8-9(2)7/h5,11H,3-4,7H2,1-2H3/b8-6-. The number of rotatable bonds is 4. The van der Waals surface area contributed by atoms with Crippen molar-refractivity contribution in [3.63, 3.8) is 0 Å². The van der Waals surface area contributed by atoms with Crippen LogP contribution in [0.5, 0.6) is 0 Å². The highest BCUT2D eigenvalue weighted by Gasteiger charge is 2.06. The summed E-state index contributed by atoms with van der Waals surface area (Å²) in [7, 11) is 1.51. The lowest BCUT2D eigenvalue weighted by Crippen LogP contribution is -2.35. The molecule has 12 heavy (non-hydrogen) atoms. The zero-order chi connectivity index (χ0) is 9.56. The van der Waals surface area contributed by atoms with Gasteiger partial charge in [0.1, 0.15) is 6.61 Å².